The number of carbonyl (C=O) groups excluding carboxylic acids is 2. The summed E-state index contributed by atoms with van der Waals surface area (Å²) in [6.45, 7) is 4.30. The predicted octanol–water partition coefficient (Wildman–Crippen LogP) is 4.48. The SMILES string of the molecule is CC(C)c1ccc(/C=[N+]2\NC(=O)[C@@H](NC(=O)c3ccccc3)[C@H]2c2ccc(Cl)cc2)cc1. The molecule has 1 aliphatic heterocycles. The van der Waals surface area contributed by atoms with Crippen LogP contribution in [0.4, 0.5) is 0 Å². The molecule has 162 valence electrons. The molecule has 1 fully saturated rings. The van der Waals surface area contributed by atoms with E-state index < -0.39 is 12.1 Å². The standard InChI is InChI=1S/C26H24ClN3O2/c1-17(2)19-10-8-18(9-11-19)16-30-24(20-12-14-22(27)15-13-20)23(26(32)29-30)28-25(31)21-6-4-3-5-7-21/h3-17,23-24H,1-2H3,(H-,28,29,31,32)/p+1/b30-16-/t23-,24+/m0/s1. The van der Waals surface area contributed by atoms with Gasteiger partial charge >= 0.3 is 5.91 Å². The number of hydrogen-bond donors (Lipinski definition) is 2. The largest absolute Gasteiger partial charge is 0.334 e. The summed E-state index contributed by atoms with van der Waals surface area (Å²) < 4.78 is 1.76. The summed E-state index contributed by atoms with van der Waals surface area (Å²) in [6, 6.07) is 23.2. The summed E-state index contributed by atoms with van der Waals surface area (Å²) in [6.07, 6.45) is 1.88. The number of amides is 2. The molecule has 1 saturated heterocycles. The molecule has 0 radical (unpaired) electrons. The van der Waals surface area contributed by atoms with Crippen molar-refractivity contribution in [1.29, 1.82) is 0 Å². The Morgan fingerprint density at radius 3 is 2.28 bits per heavy atom. The Morgan fingerprint density at radius 2 is 1.66 bits per heavy atom. The number of halogens is 1. The van der Waals surface area contributed by atoms with Crippen molar-refractivity contribution in [2.75, 3.05) is 0 Å². The fraction of sp³-hybridized carbons (Fsp3) is 0.192. The summed E-state index contributed by atoms with van der Waals surface area (Å²) in [5.41, 5.74) is 6.46. The zero-order valence-electron chi connectivity index (χ0n) is 18.0. The Bertz CT molecular complexity index is 1140. The molecule has 4 rings (SSSR count). The van der Waals surface area contributed by atoms with E-state index in [1.54, 1.807) is 41.1 Å². The van der Waals surface area contributed by atoms with Gasteiger partial charge in [0.15, 0.2) is 6.04 Å². The van der Waals surface area contributed by atoms with E-state index in [4.69, 9.17) is 11.6 Å². The van der Waals surface area contributed by atoms with Crippen molar-refractivity contribution in [1.82, 2.24) is 10.7 Å². The molecule has 0 aromatic heterocycles. The minimum absolute atomic E-state index is 0.274. The zero-order valence-corrected chi connectivity index (χ0v) is 18.7. The van der Waals surface area contributed by atoms with Crippen molar-refractivity contribution in [2.24, 2.45) is 0 Å². The quantitative estimate of drug-likeness (QED) is 0.567. The number of hydrazine groups is 1. The van der Waals surface area contributed by atoms with Crippen molar-refractivity contribution in [3.8, 4) is 0 Å². The minimum Gasteiger partial charge on any atom is -0.334 e. The highest BCUT2D eigenvalue weighted by Gasteiger charge is 2.47. The first kappa shape index (κ1) is 21.8. The van der Waals surface area contributed by atoms with Gasteiger partial charge in [-0.15, -0.1) is 10.1 Å². The lowest BCUT2D eigenvalue weighted by molar-refractivity contribution is -0.596. The van der Waals surface area contributed by atoms with E-state index in [1.165, 1.54) is 5.56 Å². The summed E-state index contributed by atoms with van der Waals surface area (Å²) >= 11 is 6.08. The van der Waals surface area contributed by atoms with Crippen LogP contribution in [-0.2, 0) is 4.79 Å². The number of hydrogen-bond acceptors (Lipinski definition) is 2. The summed E-state index contributed by atoms with van der Waals surface area (Å²) in [7, 11) is 0. The van der Waals surface area contributed by atoms with Gasteiger partial charge in [-0.3, -0.25) is 9.59 Å². The molecule has 6 heteroatoms. The van der Waals surface area contributed by atoms with Crippen molar-refractivity contribution in [2.45, 2.75) is 31.8 Å². The second-order valence-corrected chi connectivity index (χ2v) is 8.58. The molecule has 0 saturated carbocycles. The van der Waals surface area contributed by atoms with Crippen molar-refractivity contribution in [3.05, 3.63) is 106 Å². The van der Waals surface area contributed by atoms with Crippen molar-refractivity contribution in [3.63, 3.8) is 0 Å². The number of nitrogens with one attached hydrogen (secondary N) is 2. The second-order valence-electron chi connectivity index (χ2n) is 8.15. The molecular weight excluding hydrogens is 422 g/mol. The van der Waals surface area contributed by atoms with Crippen LogP contribution < -0.4 is 10.7 Å². The van der Waals surface area contributed by atoms with E-state index in [0.29, 0.717) is 16.5 Å². The highest BCUT2D eigenvalue weighted by molar-refractivity contribution is 6.30. The highest BCUT2D eigenvalue weighted by atomic mass is 35.5. The molecule has 2 amide bonds. The van der Waals surface area contributed by atoms with E-state index in [2.05, 4.69) is 36.7 Å². The van der Waals surface area contributed by atoms with E-state index >= 15 is 0 Å². The van der Waals surface area contributed by atoms with Gasteiger partial charge in [-0.25, -0.2) is 0 Å². The zero-order chi connectivity index (χ0) is 22.7. The molecule has 32 heavy (non-hydrogen) atoms. The summed E-state index contributed by atoms with van der Waals surface area (Å²) in [4.78, 5) is 25.7. The summed E-state index contributed by atoms with van der Waals surface area (Å²) in [5, 5.41) is 3.51. The van der Waals surface area contributed by atoms with Gasteiger partial charge in [0.2, 0.25) is 12.3 Å². The molecule has 1 heterocycles. The van der Waals surface area contributed by atoms with Gasteiger partial charge in [-0.05, 0) is 47.9 Å². The number of benzene rings is 3. The molecule has 0 spiro atoms. The van der Waals surface area contributed by atoms with Crippen LogP contribution in [-0.4, -0.2) is 28.8 Å². The van der Waals surface area contributed by atoms with E-state index in [0.717, 1.165) is 11.1 Å². The third kappa shape index (κ3) is 4.73. The number of hydrazone groups is 1. The highest BCUT2D eigenvalue weighted by Crippen LogP contribution is 2.27. The predicted molar refractivity (Wildman–Crippen MR) is 126 cm³/mol. The lowest BCUT2D eigenvalue weighted by Gasteiger charge is -2.15. The smallest absolute Gasteiger partial charge is 0.304 e. The molecule has 1 aliphatic rings. The van der Waals surface area contributed by atoms with Crippen LogP contribution in [0.1, 0.15) is 52.9 Å². The monoisotopic (exact) mass is 446 g/mol. The molecular formula is C26H25ClN3O2+. The van der Waals surface area contributed by atoms with E-state index in [9.17, 15) is 9.59 Å². The van der Waals surface area contributed by atoms with Crippen LogP contribution >= 0.6 is 11.6 Å². The normalized spacial score (nSPS) is 19.2. The first-order chi connectivity index (χ1) is 15.4. The van der Waals surface area contributed by atoms with Gasteiger partial charge in [0.25, 0.3) is 5.91 Å². The Balaban J connectivity index is 1.69. The van der Waals surface area contributed by atoms with Crippen molar-refractivity contribution >= 4 is 29.6 Å². The Hall–Kier alpha value is -3.44. The topological polar surface area (TPSA) is 61.2 Å². The van der Waals surface area contributed by atoms with Gasteiger partial charge in [0.05, 0.1) is 0 Å². The lowest BCUT2D eigenvalue weighted by Crippen LogP contribution is -2.42. The summed E-state index contributed by atoms with van der Waals surface area (Å²) in [5.74, 6) is -0.132. The number of nitrogens with zero attached hydrogens (tertiary/aromatic N) is 1. The molecule has 3 aromatic rings. The van der Waals surface area contributed by atoms with Crippen LogP contribution in [0, 0.1) is 0 Å². The lowest BCUT2D eigenvalue weighted by atomic mass is 9.99. The maximum Gasteiger partial charge on any atom is 0.304 e. The maximum atomic E-state index is 12.9. The maximum absolute atomic E-state index is 12.9. The number of rotatable bonds is 5. The fourth-order valence-corrected chi connectivity index (χ4v) is 3.91. The third-order valence-corrected chi connectivity index (χ3v) is 5.81. The molecule has 0 bridgehead atoms. The Labute approximate surface area is 192 Å². The van der Waals surface area contributed by atoms with E-state index in [1.807, 2.05) is 36.5 Å². The van der Waals surface area contributed by atoms with Crippen LogP contribution in [0.3, 0.4) is 0 Å². The molecule has 0 aliphatic carbocycles. The average molecular weight is 447 g/mol. The fourth-order valence-electron chi connectivity index (χ4n) is 3.78. The molecule has 3 aromatic carbocycles. The molecule has 0 unspecified atom stereocenters. The average Bonchev–Trinajstić information content (AvgIpc) is 3.09. The Morgan fingerprint density at radius 1 is 1.00 bits per heavy atom. The van der Waals surface area contributed by atoms with Gasteiger partial charge in [-0.1, -0.05) is 67.9 Å². The first-order valence-corrected chi connectivity index (χ1v) is 11.0. The molecule has 2 N–H and O–H groups in total. The second kappa shape index (κ2) is 9.37. The van der Waals surface area contributed by atoms with Crippen LogP contribution in [0.2, 0.25) is 5.02 Å². The van der Waals surface area contributed by atoms with Crippen LogP contribution in [0.15, 0.2) is 78.9 Å². The molecule has 5 nitrogen and oxygen atoms in total. The van der Waals surface area contributed by atoms with Gasteiger partial charge in [0, 0.05) is 21.7 Å². The van der Waals surface area contributed by atoms with Crippen LogP contribution in [0.5, 0.6) is 0 Å². The first-order valence-electron chi connectivity index (χ1n) is 10.6. The number of carbonyl (C=O) groups is 2. The Kier molecular flexibility index (Phi) is 6.37. The molecule has 2 atom stereocenters. The van der Waals surface area contributed by atoms with E-state index in [-0.39, 0.29) is 11.8 Å². The third-order valence-electron chi connectivity index (χ3n) is 5.56. The minimum atomic E-state index is -0.768. The van der Waals surface area contributed by atoms with Gasteiger partial charge in [-0.2, -0.15) is 0 Å². The van der Waals surface area contributed by atoms with Crippen LogP contribution in [0.25, 0.3) is 0 Å². The van der Waals surface area contributed by atoms with Crippen molar-refractivity contribution < 1.29 is 14.3 Å². The van der Waals surface area contributed by atoms with Gasteiger partial charge < -0.3 is 5.32 Å². The van der Waals surface area contributed by atoms with Gasteiger partial charge in [0.1, 0.15) is 0 Å².